The average molecular weight is 332 g/mol. The molecule has 8 nitrogen and oxygen atoms in total. The summed E-state index contributed by atoms with van der Waals surface area (Å²) in [6.45, 7) is 0. The van der Waals surface area contributed by atoms with E-state index in [-0.39, 0.29) is 17.0 Å². The maximum Gasteiger partial charge on any atom is 0.335 e. The van der Waals surface area contributed by atoms with Gasteiger partial charge in [-0.05, 0) is 40.6 Å². The first-order chi connectivity index (χ1) is 12.2. The highest BCUT2D eigenvalue weighted by atomic mass is 16.4. The lowest BCUT2D eigenvalue weighted by Gasteiger charge is -2.06. The number of aromatic amines is 1. The Morgan fingerprint density at radius 1 is 1.20 bits per heavy atom. The van der Waals surface area contributed by atoms with Gasteiger partial charge in [0.1, 0.15) is 11.6 Å². The molecular weight excluding hydrogens is 320 g/mol. The predicted molar refractivity (Wildman–Crippen MR) is 90.2 cm³/mol. The number of aromatic carboxylic acids is 1. The number of carbonyl (C=O) groups is 1. The third kappa shape index (κ3) is 3.68. The summed E-state index contributed by atoms with van der Waals surface area (Å²) < 4.78 is 0. The molecule has 0 aliphatic rings. The minimum atomic E-state index is -0.961. The number of hydrogen-bond acceptors (Lipinski definition) is 6. The molecule has 0 saturated heterocycles. The maximum absolute atomic E-state index is 10.9. The highest BCUT2D eigenvalue weighted by molar-refractivity contribution is 5.88. The third-order valence-corrected chi connectivity index (χ3v) is 3.42. The lowest BCUT2D eigenvalue weighted by atomic mass is 10.0. The molecule has 0 aliphatic heterocycles. The molecule has 0 amide bonds. The van der Waals surface area contributed by atoms with Crippen LogP contribution in [0.15, 0.2) is 54.7 Å². The van der Waals surface area contributed by atoms with Gasteiger partial charge in [-0.2, -0.15) is 10.5 Å². The van der Waals surface area contributed by atoms with E-state index in [2.05, 4.69) is 25.9 Å². The zero-order chi connectivity index (χ0) is 17.6. The van der Waals surface area contributed by atoms with E-state index >= 15 is 0 Å². The first-order valence-electron chi connectivity index (χ1n) is 7.22. The van der Waals surface area contributed by atoms with Crippen LogP contribution in [0.1, 0.15) is 16.2 Å². The minimum Gasteiger partial charge on any atom is -0.478 e. The van der Waals surface area contributed by atoms with Gasteiger partial charge in [-0.25, -0.2) is 4.79 Å². The normalized spacial score (nSPS) is 10.9. The molecule has 0 atom stereocenters. The highest BCUT2D eigenvalue weighted by Gasteiger charge is 2.06. The van der Waals surface area contributed by atoms with Gasteiger partial charge in [0.25, 0.3) is 0 Å². The number of tetrazole rings is 1. The second-order valence-corrected chi connectivity index (χ2v) is 5.01. The van der Waals surface area contributed by atoms with E-state index < -0.39 is 5.97 Å². The Bertz CT molecular complexity index is 956. The van der Waals surface area contributed by atoms with E-state index in [9.17, 15) is 4.79 Å². The van der Waals surface area contributed by atoms with Crippen molar-refractivity contribution in [2.24, 2.45) is 0 Å². The number of nitriles is 1. The summed E-state index contributed by atoms with van der Waals surface area (Å²) in [6, 6.07) is 16.1. The first kappa shape index (κ1) is 15.9. The molecule has 0 unspecified atom stereocenters. The lowest BCUT2D eigenvalue weighted by Crippen LogP contribution is -1.95. The Kier molecular flexibility index (Phi) is 4.49. The van der Waals surface area contributed by atoms with Crippen LogP contribution in [0.2, 0.25) is 0 Å². The molecule has 8 heteroatoms. The topological polar surface area (TPSA) is 128 Å². The van der Waals surface area contributed by atoms with Gasteiger partial charge in [-0.1, -0.05) is 24.3 Å². The number of carboxylic acids is 1. The number of allylic oxidation sites excluding steroid dienone is 1. The van der Waals surface area contributed by atoms with Gasteiger partial charge in [0.05, 0.1) is 5.56 Å². The summed E-state index contributed by atoms with van der Waals surface area (Å²) in [5.74, 6) is -0.756. The summed E-state index contributed by atoms with van der Waals surface area (Å²) in [5, 5.41) is 34.4. The van der Waals surface area contributed by atoms with Crippen LogP contribution in [0.5, 0.6) is 0 Å². The van der Waals surface area contributed by atoms with Gasteiger partial charge >= 0.3 is 5.97 Å². The molecule has 3 N–H and O–H groups in total. The van der Waals surface area contributed by atoms with Crippen molar-refractivity contribution in [1.82, 2.24) is 20.6 Å². The Morgan fingerprint density at radius 2 is 2.00 bits per heavy atom. The van der Waals surface area contributed by atoms with Crippen LogP contribution in [0.25, 0.3) is 16.7 Å². The van der Waals surface area contributed by atoms with E-state index in [1.54, 1.807) is 24.3 Å². The van der Waals surface area contributed by atoms with E-state index in [0.717, 1.165) is 16.8 Å². The van der Waals surface area contributed by atoms with Crippen LogP contribution in [0.4, 0.5) is 5.69 Å². The number of aromatic nitrogens is 4. The molecule has 0 bridgehead atoms. The molecule has 122 valence electrons. The average Bonchev–Trinajstić information content (AvgIpc) is 3.17. The second-order valence-electron chi connectivity index (χ2n) is 5.01. The largest absolute Gasteiger partial charge is 0.478 e. The quantitative estimate of drug-likeness (QED) is 0.612. The number of nitrogens with one attached hydrogen (secondary N) is 2. The lowest BCUT2D eigenvalue weighted by molar-refractivity contribution is 0.0697. The summed E-state index contributed by atoms with van der Waals surface area (Å²) in [6.07, 6.45) is 1.50. The van der Waals surface area contributed by atoms with E-state index in [1.165, 1.54) is 6.20 Å². The molecule has 25 heavy (non-hydrogen) atoms. The monoisotopic (exact) mass is 332 g/mol. The van der Waals surface area contributed by atoms with E-state index in [1.807, 2.05) is 30.3 Å². The van der Waals surface area contributed by atoms with Crippen molar-refractivity contribution in [3.63, 3.8) is 0 Å². The van der Waals surface area contributed by atoms with Crippen molar-refractivity contribution >= 4 is 17.2 Å². The molecule has 1 heterocycles. The SMILES string of the molecule is N#CC(=CNc1cccc(-c2ccc(C(=O)O)cc2)c1)c1nn[nH]n1. The molecule has 0 aliphatic carbocycles. The third-order valence-electron chi connectivity index (χ3n) is 3.42. The zero-order valence-corrected chi connectivity index (χ0v) is 12.8. The van der Waals surface area contributed by atoms with Crippen molar-refractivity contribution in [2.45, 2.75) is 0 Å². The van der Waals surface area contributed by atoms with Gasteiger partial charge < -0.3 is 10.4 Å². The van der Waals surface area contributed by atoms with Crippen LogP contribution in [0, 0.1) is 11.3 Å². The van der Waals surface area contributed by atoms with Crippen LogP contribution in [-0.4, -0.2) is 31.7 Å². The number of hydrogen-bond donors (Lipinski definition) is 3. The highest BCUT2D eigenvalue weighted by Crippen LogP contribution is 2.23. The Hall–Kier alpha value is -3.99. The fourth-order valence-corrected chi connectivity index (χ4v) is 2.17. The predicted octanol–water partition coefficient (Wildman–Crippen LogP) is 2.54. The molecule has 2 aromatic carbocycles. The number of H-pyrrole nitrogens is 1. The van der Waals surface area contributed by atoms with Crippen molar-refractivity contribution in [3.05, 3.63) is 66.1 Å². The molecular formula is C17H12N6O2. The van der Waals surface area contributed by atoms with Crippen LogP contribution in [-0.2, 0) is 0 Å². The van der Waals surface area contributed by atoms with Gasteiger partial charge in [0.15, 0.2) is 0 Å². The van der Waals surface area contributed by atoms with Gasteiger partial charge in [-0.15, -0.1) is 10.2 Å². The molecule has 0 saturated carbocycles. The maximum atomic E-state index is 10.9. The van der Waals surface area contributed by atoms with Crippen LogP contribution >= 0.6 is 0 Å². The second kappa shape index (κ2) is 7.06. The van der Waals surface area contributed by atoms with Crippen molar-refractivity contribution < 1.29 is 9.90 Å². The van der Waals surface area contributed by atoms with E-state index in [4.69, 9.17) is 10.4 Å². The number of anilines is 1. The summed E-state index contributed by atoms with van der Waals surface area (Å²) in [5.41, 5.74) is 3.03. The Labute approximate surface area is 142 Å². The molecule has 3 rings (SSSR count). The zero-order valence-electron chi connectivity index (χ0n) is 12.8. The van der Waals surface area contributed by atoms with Gasteiger partial charge in [-0.3, -0.25) is 0 Å². The summed E-state index contributed by atoms with van der Waals surface area (Å²) in [4.78, 5) is 10.9. The molecule has 0 fully saturated rings. The van der Waals surface area contributed by atoms with Crippen molar-refractivity contribution in [3.8, 4) is 17.2 Å². The fraction of sp³-hybridized carbons (Fsp3) is 0. The molecule has 1 aromatic heterocycles. The van der Waals surface area contributed by atoms with Gasteiger partial charge in [0, 0.05) is 11.9 Å². The van der Waals surface area contributed by atoms with E-state index in [0.29, 0.717) is 0 Å². The fourth-order valence-electron chi connectivity index (χ4n) is 2.17. The number of carboxylic acid groups (broad SMARTS) is 1. The first-order valence-corrected chi connectivity index (χ1v) is 7.22. The minimum absolute atomic E-state index is 0.204. The number of rotatable bonds is 5. The molecule has 0 radical (unpaired) electrons. The summed E-state index contributed by atoms with van der Waals surface area (Å²) in [7, 11) is 0. The Morgan fingerprint density at radius 3 is 2.64 bits per heavy atom. The van der Waals surface area contributed by atoms with Crippen molar-refractivity contribution in [1.29, 1.82) is 5.26 Å². The smallest absolute Gasteiger partial charge is 0.335 e. The Balaban J connectivity index is 1.82. The van der Waals surface area contributed by atoms with Crippen LogP contribution in [0.3, 0.4) is 0 Å². The molecule has 0 spiro atoms. The van der Waals surface area contributed by atoms with Crippen LogP contribution < -0.4 is 5.32 Å². The number of benzene rings is 2. The molecule has 3 aromatic rings. The summed E-state index contributed by atoms with van der Waals surface area (Å²) >= 11 is 0. The van der Waals surface area contributed by atoms with Crippen molar-refractivity contribution in [2.75, 3.05) is 5.32 Å². The standard InChI is InChI=1S/C17H12N6O2/c18-9-14(16-20-22-23-21-16)10-19-15-3-1-2-13(8-15)11-4-6-12(7-5-11)17(24)25/h1-8,10,19H,(H,24,25)(H,20,21,22,23). The van der Waals surface area contributed by atoms with Gasteiger partial charge in [0.2, 0.25) is 5.82 Å². The number of nitrogens with zero attached hydrogens (tertiary/aromatic N) is 4.